The summed E-state index contributed by atoms with van der Waals surface area (Å²) in [5, 5.41) is 5.58. The summed E-state index contributed by atoms with van der Waals surface area (Å²) in [5.41, 5.74) is 1.38. The number of anilines is 1. The summed E-state index contributed by atoms with van der Waals surface area (Å²) in [6, 6.07) is 21.5. The first kappa shape index (κ1) is 22.4. The smallest absolute Gasteiger partial charge is 0.222 e. The molecular weight excluding hydrogens is 429 g/mol. The van der Waals surface area contributed by atoms with Crippen LogP contribution in [0.3, 0.4) is 0 Å². The fourth-order valence-electron chi connectivity index (χ4n) is 5.33. The van der Waals surface area contributed by atoms with E-state index >= 15 is 0 Å². The Bertz CT molecular complexity index is 1200. The van der Waals surface area contributed by atoms with Gasteiger partial charge in [-0.1, -0.05) is 54.6 Å². The van der Waals surface area contributed by atoms with Crippen LogP contribution in [0, 0.1) is 5.82 Å². The predicted molar refractivity (Wildman–Crippen MR) is 132 cm³/mol. The number of benzene rings is 3. The van der Waals surface area contributed by atoms with Crippen molar-refractivity contribution >= 4 is 28.3 Å². The van der Waals surface area contributed by atoms with Gasteiger partial charge >= 0.3 is 0 Å². The van der Waals surface area contributed by atoms with Gasteiger partial charge in [0.25, 0.3) is 0 Å². The lowest BCUT2D eigenvalue weighted by Crippen LogP contribution is -2.50. The summed E-state index contributed by atoms with van der Waals surface area (Å²) < 4.78 is 14.1. The van der Waals surface area contributed by atoms with Crippen LogP contribution in [-0.2, 0) is 16.0 Å². The zero-order chi connectivity index (χ0) is 23.5. The van der Waals surface area contributed by atoms with Crippen molar-refractivity contribution in [3.63, 3.8) is 0 Å². The topological polar surface area (TPSA) is 52.7 Å². The Labute approximate surface area is 199 Å². The Kier molecular flexibility index (Phi) is 6.22. The number of halogens is 1. The Morgan fingerprint density at radius 3 is 2.41 bits per heavy atom. The van der Waals surface area contributed by atoms with Gasteiger partial charge in [-0.2, -0.15) is 0 Å². The van der Waals surface area contributed by atoms with E-state index in [1.54, 1.807) is 12.1 Å². The number of hydrogen-bond donors (Lipinski definition) is 1. The highest BCUT2D eigenvalue weighted by atomic mass is 19.1. The molecule has 6 heteroatoms. The number of amides is 2. The van der Waals surface area contributed by atoms with Gasteiger partial charge in [0, 0.05) is 44.6 Å². The fourth-order valence-corrected chi connectivity index (χ4v) is 5.33. The number of nitrogens with zero attached hydrogens (tertiary/aromatic N) is 2. The van der Waals surface area contributed by atoms with E-state index in [0.29, 0.717) is 51.1 Å². The van der Waals surface area contributed by atoms with Crippen LogP contribution in [0.5, 0.6) is 0 Å². The summed E-state index contributed by atoms with van der Waals surface area (Å²) in [7, 11) is 0. The fraction of sp³-hybridized carbons (Fsp3) is 0.357. The molecule has 0 aromatic heterocycles. The van der Waals surface area contributed by atoms with Gasteiger partial charge < -0.3 is 15.1 Å². The number of carbonyl (C=O) groups excluding carboxylic acids is 2. The Balaban J connectivity index is 1.21. The molecule has 0 radical (unpaired) electrons. The average Bonchev–Trinajstić information content (AvgIpc) is 3.23. The number of piperazine rings is 1. The molecule has 2 amide bonds. The minimum atomic E-state index is -0.385. The van der Waals surface area contributed by atoms with E-state index in [9.17, 15) is 14.0 Å². The van der Waals surface area contributed by atoms with Crippen LogP contribution in [0.1, 0.15) is 31.2 Å². The number of rotatable bonds is 6. The van der Waals surface area contributed by atoms with Crippen LogP contribution in [-0.4, -0.2) is 48.4 Å². The molecule has 1 atom stereocenters. The van der Waals surface area contributed by atoms with Gasteiger partial charge in [0.1, 0.15) is 5.82 Å². The first-order valence-corrected chi connectivity index (χ1v) is 12.1. The van der Waals surface area contributed by atoms with Crippen molar-refractivity contribution in [2.45, 2.75) is 37.6 Å². The minimum Gasteiger partial charge on any atom is -0.366 e. The van der Waals surface area contributed by atoms with Crippen molar-refractivity contribution in [2.24, 2.45) is 0 Å². The molecule has 2 saturated heterocycles. The maximum absolute atomic E-state index is 14.1. The third-order valence-corrected chi connectivity index (χ3v) is 7.23. The second kappa shape index (κ2) is 9.45. The molecule has 176 valence electrons. The molecular formula is C28H30FN3O2. The van der Waals surface area contributed by atoms with Crippen molar-refractivity contribution in [2.75, 3.05) is 31.1 Å². The SMILES string of the molecule is O=C1CC[C@@](CCC(=O)N2CCN(c3ccccc3F)CC2)(Cc2ccc3ccccc3c2)N1. The van der Waals surface area contributed by atoms with Crippen LogP contribution in [0.2, 0.25) is 0 Å². The zero-order valence-corrected chi connectivity index (χ0v) is 19.3. The second-order valence-corrected chi connectivity index (χ2v) is 9.51. The van der Waals surface area contributed by atoms with Crippen molar-refractivity contribution in [3.05, 3.63) is 78.1 Å². The van der Waals surface area contributed by atoms with Crippen LogP contribution in [0.4, 0.5) is 10.1 Å². The standard InChI is InChI=1S/C28H30FN3O2/c29-24-7-3-4-8-25(24)31-15-17-32(18-16-31)27(34)12-14-28(13-11-26(33)30-28)20-21-9-10-22-5-1-2-6-23(22)19-21/h1-10,19H,11-18,20H2,(H,30,33)/t28-/m1/s1. The first-order chi connectivity index (χ1) is 16.5. The highest BCUT2D eigenvalue weighted by molar-refractivity contribution is 5.83. The zero-order valence-electron chi connectivity index (χ0n) is 19.3. The minimum absolute atomic E-state index is 0.0618. The van der Waals surface area contributed by atoms with Crippen molar-refractivity contribution < 1.29 is 14.0 Å². The average molecular weight is 460 g/mol. The third-order valence-electron chi connectivity index (χ3n) is 7.23. The molecule has 34 heavy (non-hydrogen) atoms. The number of carbonyl (C=O) groups is 2. The highest BCUT2D eigenvalue weighted by Crippen LogP contribution is 2.31. The van der Waals surface area contributed by atoms with E-state index in [-0.39, 0.29) is 23.2 Å². The molecule has 2 heterocycles. The van der Waals surface area contributed by atoms with Gasteiger partial charge in [-0.3, -0.25) is 9.59 Å². The molecule has 5 rings (SSSR count). The van der Waals surface area contributed by atoms with E-state index in [2.05, 4.69) is 35.6 Å². The summed E-state index contributed by atoms with van der Waals surface area (Å²) in [5.74, 6) is -0.0613. The monoisotopic (exact) mass is 459 g/mol. The van der Waals surface area contributed by atoms with E-state index in [1.807, 2.05) is 28.0 Å². The van der Waals surface area contributed by atoms with Gasteiger partial charge in [0.15, 0.2) is 0 Å². The molecule has 0 unspecified atom stereocenters. The Hall–Kier alpha value is -3.41. The molecule has 0 bridgehead atoms. The summed E-state index contributed by atoms with van der Waals surface area (Å²) in [6.45, 7) is 2.39. The van der Waals surface area contributed by atoms with Crippen LogP contribution in [0.25, 0.3) is 10.8 Å². The van der Waals surface area contributed by atoms with Crippen LogP contribution in [0.15, 0.2) is 66.7 Å². The second-order valence-electron chi connectivity index (χ2n) is 9.51. The van der Waals surface area contributed by atoms with Gasteiger partial charge in [-0.15, -0.1) is 0 Å². The largest absolute Gasteiger partial charge is 0.366 e. The number of hydrogen-bond acceptors (Lipinski definition) is 3. The van der Waals surface area contributed by atoms with Crippen molar-refractivity contribution in [1.82, 2.24) is 10.2 Å². The lowest BCUT2D eigenvalue weighted by Gasteiger charge is -2.37. The maximum Gasteiger partial charge on any atom is 0.222 e. The number of fused-ring (bicyclic) bond motifs is 1. The maximum atomic E-state index is 14.1. The van der Waals surface area contributed by atoms with Crippen LogP contribution < -0.4 is 10.2 Å². The van der Waals surface area contributed by atoms with E-state index in [0.717, 1.165) is 12.8 Å². The highest BCUT2D eigenvalue weighted by Gasteiger charge is 2.38. The molecule has 0 spiro atoms. The van der Waals surface area contributed by atoms with E-state index in [4.69, 9.17) is 0 Å². The quantitative estimate of drug-likeness (QED) is 0.598. The third kappa shape index (κ3) is 4.76. The molecule has 1 N–H and O–H groups in total. The van der Waals surface area contributed by atoms with Crippen molar-refractivity contribution in [1.29, 1.82) is 0 Å². The van der Waals surface area contributed by atoms with Gasteiger partial charge in [0.05, 0.1) is 5.69 Å². The Morgan fingerprint density at radius 1 is 0.941 bits per heavy atom. The first-order valence-electron chi connectivity index (χ1n) is 12.1. The van der Waals surface area contributed by atoms with E-state index < -0.39 is 0 Å². The lowest BCUT2D eigenvalue weighted by atomic mass is 9.84. The van der Waals surface area contributed by atoms with Crippen LogP contribution >= 0.6 is 0 Å². The molecule has 2 fully saturated rings. The normalized spacial score (nSPS) is 20.6. The lowest BCUT2D eigenvalue weighted by molar-refractivity contribution is -0.132. The van der Waals surface area contributed by atoms with Gasteiger partial charge in [-0.05, 0) is 47.7 Å². The molecule has 0 saturated carbocycles. The van der Waals surface area contributed by atoms with Crippen molar-refractivity contribution in [3.8, 4) is 0 Å². The molecule has 3 aromatic carbocycles. The summed E-state index contributed by atoms with van der Waals surface area (Å²) >= 11 is 0. The number of para-hydroxylation sites is 1. The summed E-state index contributed by atoms with van der Waals surface area (Å²) in [6.07, 6.45) is 2.99. The Morgan fingerprint density at radius 2 is 1.68 bits per heavy atom. The molecule has 3 aromatic rings. The molecule has 5 nitrogen and oxygen atoms in total. The predicted octanol–water partition coefficient (Wildman–Crippen LogP) is 4.30. The van der Waals surface area contributed by atoms with Gasteiger partial charge in [-0.25, -0.2) is 4.39 Å². The summed E-state index contributed by atoms with van der Waals surface area (Å²) in [4.78, 5) is 29.1. The van der Waals surface area contributed by atoms with Gasteiger partial charge in [0.2, 0.25) is 11.8 Å². The molecule has 2 aliphatic rings. The molecule has 0 aliphatic carbocycles. The number of nitrogens with one attached hydrogen (secondary N) is 1. The molecule has 2 aliphatic heterocycles. The van der Waals surface area contributed by atoms with E-state index in [1.165, 1.54) is 22.4 Å².